The standard InChI is InChI=1S/C11H14FNO/c12-10-2-1-8(6-11(10)14)5-9-3-4-13-7-9/h1-2,6,9,13-14H,3-5,7H2. The van der Waals surface area contributed by atoms with E-state index in [1.54, 1.807) is 6.07 Å². The molecule has 1 fully saturated rings. The highest BCUT2D eigenvalue weighted by Crippen LogP contribution is 2.21. The van der Waals surface area contributed by atoms with Gasteiger partial charge in [-0.2, -0.15) is 0 Å². The summed E-state index contributed by atoms with van der Waals surface area (Å²) in [6.45, 7) is 2.09. The molecule has 2 nitrogen and oxygen atoms in total. The molecule has 2 N–H and O–H groups in total. The Balaban J connectivity index is 2.05. The molecule has 1 unspecified atom stereocenters. The monoisotopic (exact) mass is 195 g/mol. The summed E-state index contributed by atoms with van der Waals surface area (Å²) in [5.41, 5.74) is 1.01. The average Bonchev–Trinajstić information content (AvgIpc) is 2.64. The largest absolute Gasteiger partial charge is 0.505 e. The third-order valence-electron chi connectivity index (χ3n) is 2.70. The first-order valence-corrected chi connectivity index (χ1v) is 4.94. The fourth-order valence-electron chi connectivity index (χ4n) is 1.91. The lowest BCUT2D eigenvalue weighted by atomic mass is 9.98. The lowest BCUT2D eigenvalue weighted by Crippen LogP contribution is -2.10. The summed E-state index contributed by atoms with van der Waals surface area (Å²) in [5, 5.41) is 12.5. The van der Waals surface area contributed by atoms with Gasteiger partial charge in [0, 0.05) is 0 Å². The van der Waals surface area contributed by atoms with Gasteiger partial charge in [-0.1, -0.05) is 6.07 Å². The summed E-state index contributed by atoms with van der Waals surface area (Å²) in [4.78, 5) is 0. The van der Waals surface area contributed by atoms with Crippen LogP contribution in [0.5, 0.6) is 5.75 Å². The van der Waals surface area contributed by atoms with Gasteiger partial charge in [0.05, 0.1) is 0 Å². The van der Waals surface area contributed by atoms with E-state index in [0.717, 1.165) is 31.5 Å². The van der Waals surface area contributed by atoms with E-state index in [1.807, 2.05) is 0 Å². The SMILES string of the molecule is Oc1cc(CC2CCNC2)ccc1F. The summed E-state index contributed by atoms with van der Waals surface area (Å²) in [5.74, 6) is -0.161. The number of phenols is 1. The summed E-state index contributed by atoms with van der Waals surface area (Å²) in [7, 11) is 0. The fourth-order valence-corrected chi connectivity index (χ4v) is 1.91. The number of phenolic OH excluding ortho intramolecular Hbond substituents is 1. The zero-order valence-electron chi connectivity index (χ0n) is 7.96. The first kappa shape index (κ1) is 9.46. The number of rotatable bonds is 2. The van der Waals surface area contributed by atoms with Crippen LogP contribution in [0.1, 0.15) is 12.0 Å². The highest BCUT2D eigenvalue weighted by Gasteiger charge is 2.15. The molecule has 0 bridgehead atoms. The third-order valence-corrected chi connectivity index (χ3v) is 2.70. The molecule has 0 aliphatic carbocycles. The van der Waals surface area contributed by atoms with Crippen LogP contribution in [-0.2, 0) is 6.42 Å². The predicted octanol–water partition coefficient (Wildman–Crippen LogP) is 1.68. The Morgan fingerprint density at radius 2 is 2.36 bits per heavy atom. The second kappa shape index (κ2) is 3.96. The molecule has 1 aliphatic rings. The van der Waals surface area contributed by atoms with Crippen LogP contribution in [0.15, 0.2) is 18.2 Å². The van der Waals surface area contributed by atoms with Crippen molar-refractivity contribution in [3.8, 4) is 5.75 Å². The highest BCUT2D eigenvalue weighted by atomic mass is 19.1. The molecule has 0 saturated carbocycles. The summed E-state index contributed by atoms with van der Waals surface area (Å²) in [6.07, 6.45) is 2.08. The van der Waals surface area contributed by atoms with Crippen LogP contribution in [0.3, 0.4) is 0 Å². The highest BCUT2D eigenvalue weighted by molar-refractivity contribution is 5.29. The van der Waals surface area contributed by atoms with Crippen molar-refractivity contribution in [2.45, 2.75) is 12.8 Å². The van der Waals surface area contributed by atoms with Crippen molar-refractivity contribution in [2.24, 2.45) is 5.92 Å². The van der Waals surface area contributed by atoms with Gasteiger partial charge in [0.25, 0.3) is 0 Å². The van der Waals surface area contributed by atoms with Gasteiger partial charge in [0.2, 0.25) is 0 Å². The van der Waals surface area contributed by atoms with Gasteiger partial charge in [0.15, 0.2) is 11.6 Å². The van der Waals surface area contributed by atoms with Crippen LogP contribution in [0, 0.1) is 11.7 Å². The van der Waals surface area contributed by atoms with Crippen molar-refractivity contribution in [3.05, 3.63) is 29.6 Å². The maximum Gasteiger partial charge on any atom is 0.164 e. The molecule has 1 aromatic rings. The molecule has 76 valence electrons. The molecule has 1 heterocycles. The maximum atomic E-state index is 12.7. The molecule has 0 spiro atoms. The Morgan fingerprint density at radius 3 is 3.00 bits per heavy atom. The predicted molar refractivity (Wildman–Crippen MR) is 52.7 cm³/mol. The van der Waals surface area contributed by atoms with Crippen LogP contribution in [0.25, 0.3) is 0 Å². The summed E-state index contributed by atoms with van der Waals surface area (Å²) in [6, 6.07) is 4.59. The van der Waals surface area contributed by atoms with Gasteiger partial charge in [-0.3, -0.25) is 0 Å². The molecule has 0 radical (unpaired) electrons. The quantitative estimate of drug-likeness (QED) is 0.752. The lowest BCUT2D eigenvalue weighted by Gasteiger charge is -2.08. The van der Waals surface area contributed by atoms with E-state index in [9.17, 15) is 9.50 Å². The molecule has 1 atom stereocenters. The van der Waals surface area contributed by atoms with Gasteiger partial charge in [-0.15, -0.1) is 0 Å². The molecule has 0 aromatic heterocycles. The van der Waals surface area contributed by atoms with E-state index >= 15 is 0 Å². The second-order valence-corrected chi connectivity index (χ2v) is 3.85. The molecule has 2 rings (SSSR count). The zero-order valence-corrected chi connectivity index (χ0v) is 7.96. The molecular formula is C11H14FNO. The second-order valence-electron chi connectivity index (χ2n) is 3.85. The minimum Gasteiger partial charge on any atom is -0.505 e. The van der Waals surface area contributed by atoms with Crippen molar-refractivity contribution in [2.75, 3.05) is 13.1 Å². The van der Waals surface area contributed by atoms with Crippen molar-refractivity contribution in [3.63, 3.8) is 0 Å². The molecule has 1 aromatic carbocycles. The summed E-state index contributed by atoms with van der Waals surface area (Å²) >= 11 is 0. The molecule has 1 aliphatic heterocycles. The van der Waals surface area contributed by atoms with Crippen LogP contribution < -0.4 is 5.32 Å². The molecule has 1 saturated heterocycles. The van der Waals surface area contributed by atoms with Crippen LogP contribution in [0.4, 0.5) is 4.39 Å². The number of benzene rings is 1. The molecule has 0 amide bonds. The number of halogens is 1. The summed E-state index contributed by atoms with van der Waals surface area (Å²) < 4.78 is 12.7. The van der Waals surface area contributed by atoms with E-state index in [1.165, 1.54) is 12.1 Å². The van der Waals surface area contributed by atoms with Crippen LogP contribution in [-0.4, -0.2) is 18.2 Å². The topological polar surface area (TPSA) is 32.3 Å². The Kier molecular flexibility index (Phi) is 2.68. The Labute approximate surface area is 82.8 Å². The Hall–Kier alpha value is -1.09. The third kappa shape index (κ3) is 2.04. The smallest absolute Gasteiger partial charge is 0.164 e. The van der Waals surface area contributed by atoms with Gasteiger partial charge >= 0.3 is 0 Å². The normalized spacial score (nSPS) is 21.4. The van der Waals surface area contributed by atoms with E-state index in [0.29, 0.717) is 5.92 Å². The van der Waals surface area contributed by atoms with Gasteiger partial charge in [-0.25, -0.2) is 4.39 Å². The zero-order chi connectivity index (χ0) is 9.97. The van der Waals surface area contributed by atoms with E-state index in [2.05, 4.69) is 5.32 Å². The minimum absolute atomic E-state index is 0.242. The van der Waals surface area contributed by atoms with Crippen molar-refractivity contribution >= 4 is 0 Å². The first-order chi connectivity index (χ1) is 6.75. The van der Waals surface area contributed by atoms with Crippen molar-refractivity contribution in [1.82, 2.24) is 5.32 Å². The number of hydrogen-bond donors (Lipinski definition) is 2. The van der Waals surface area contributed by atoms with E-state index in [4.69, 9.17) is 0 Å². The Morgan fingerprint density at radius 1 is 1.50 bits per heavy atom. The molecule has 14 heavy (non-hydrogen) atoms. The number of hydrogen-bond acceptors (Lipinski definition) is 2. The fraction of sp³-hybridized carbons (Fsp3) is 0.455. The first-order valence-electron chi connectivity index (χ1n) is 4.94. The van der Waals surface area contributed by atoms with Gasteiger partial charge < -0.3 is 10.4 Å². The lowest BCUT2D eigenvalue weighted by molar-refractivity contribution is 0.430. The van der Waals surface area contributed by atoms with Gasteiger partial charge in [-0.05, 0) is 49.5 Å². The minimum atomic E-state index is -0.543. The van der Waals surface area contributed by atoms with E-state index < -0.39 is 5.82 Å². The maximum absolute atomic E-state index is 12.7. The van der Waals surface area contributed by atoms with Crippen LogP contribution in [0.2, 0.25) is 0 Å². The van der Waals surface area contributed by atoms with E-state index in [-0.39, 0.29) is 5.75 Å². The van der Waals surface area contributed by atoms with Crippen LogP contribution >= 0.6 is 0 Å². The molecular weight excluding hydrogens is 181 g/mol. The number of nitrogens with one attached hydrogen (secondary N) is 1. The van der Waals surface area contributed by atoms with Crippen molar-refractivity contribution < 1.29 is 9.50 Å². The molecule has 3 heteroatoms. The average molecular weight is 195 g/mol. The Bertz CT molecular complexity index is 321. The van der Waals surface area contributed by atoms with Gasteiger partial charge in [0.1, 0.15) is 0 Å². The number of aromatic hydroxyl groups is 1. The van der Waals surface area contributed by atoms with Crippen molar-refractivity contribution in [1.29, 1.82) is 0 Å².